The molecule has 0 spiro atoms. The number of carboxylic acid groups (broad SMARTS) is 1. The maximum atomic E-state index is 12.0. The number of urea groups is 1. The number of amides is 2. The molecule has 110 valence electrons. The van der Waals surface area contributed by atoms with Crippen molar-refractivity contribution < 1.29 is 14.7 Å². The van der Waals surface area contributed by atoms with E-state index in [4.69, 9.17) is 5.11 Å². The van der Waals surface area contributed by atoms with Crippen molar-refractivity contribution in [1.29, 1.82) is 0 Å². The van der Waals surface area contributed by atoms with Gasteiger partial charge < -0.3 is 15.7 Å². The first-order chi connectivity index (χ1) is 9.49. The first kappa shape index (κ1) is 14.8. The molecule has 1 aliphatic rings. The second-order valence-electron chi connectivity index (χ2n) is 5.51. The van der Waals surface area contributed by atoms with Crippen molar-refractivity contribution in [3.63, 3.8) is 0 Å². The predicted molar refractivity (Wildman–Crippen MR) is 77.7 cm³/mol. The SMILES string of the molecule is CC(C)C(NC(=O)NC(C(=O)O)C1CC1)c1cccs1. The summed E-state index contributed by atoms with van der Waals surface area (Å²) in [5.41, 5.74) is 0. The highest BCUT2D eigenvalue weighted by atomic mass is 32.1. The number of carboxylic acids is 1. The van der Waals surface area contributed by atoms with Crippen molar-refractivity contribution in [2.75, 3.05) is 0 Å². The van der Waals surface area contributed by atoms with Crippen LogP contribution in [0.4, 0.5) is 4.79 Å². The van der Waals surface area contributed by atoms with E-state index in [-0.39, 0.29) is 17.9 Å². The second kappa shape index (κ2) is 6.26. The van der Waals surface area contributed by atoms with Gasteiger partial charge in [0.2, 0.25) is 0 Å². The number of hydrogen-bond donors (Lipinski definition) is 3. The van der Waals surface area contributed by atoms with Crippen molar-refractivity contribution in [2.45, 2.75) is 38.8 Å². The van der Waals surface area contributed by atoms with Gasteiger partial charge in [-0.2, -0.15) is 0 Å². The Bertz CT molecular complexity index is 469. The van der Waals surface area contributed by atoms with Crippen LogP contribution in [0.15, 0.2) is 17.5 Å². The first-order valence-corrected chi connectivity index (χ1v) is 7.70. The zero-order valence-corrected chi connectivity index (χ0v) is 12.4. The normalized spacial score (nSPS) is 17.6. The summed E-state index contributed by atoms with van der Waals surface area (Å²) in [5.74, 6) is -0.638. The lowest BCUT2D eigenvalue weighted by molar-refractivity contribution is -0.139. The van der Waals surface area contributed by atoms with E-state index < -0.39 is 18.0 Å². The summed E-state index contributed by atoms with van der Waals surface area (Å²) in [7, 11) is 0. The minimum Gasteiger partial charge on any atom is -0.480 e. The monoisotopic (exact) mass is 296 g/mol. The molecule has 0 radical (unpaired) electrons. The number of rotatable bonds is 6. The molecule has 0 bridgehead atoms. The van der Waals surface area contributed by atoms with Crippen LogP contribution in [-0.4, -0.2) is 23.1 Å². The molecule has 1 aromatic heterocycles. The third-order valence-corrected chi connectivity index (χ3v) is 4.40. The van der Waals surface area contributed by atoms with Crippen LogP contribution in [0, 0.1) is 11.8 Å². The maximum absolute atomic E-state index is 12.0. The maximum Gasteiger partial charge on any atom is 0.326 e. The van der Waals surface area contributed by atoms with Gasteiger partial charge in [0, 0.05) is 4.88 Å². The summed E-state index contributed by atoms with van der Waals surface area (Å²) >= 11 is 1.59. The molecule has 3 N–H and O–H groups in total. The van der Waals surface area contributed by atoms with E-state index >= 15 is 0 Å². The van der Waals surface area contributed by atoms with Crippen LogP contribution in [0.2, 0.25) is 0 Å². The molecule has 1 heterocycles. The van der Waals surface area contributed by atoms with Crippen molar-refractivity contribution in [3.05, 3.63) is 22.4 Å². The molecule has 20 heavy (non-hydrogen) atoms. The predicted octanol–water partition coefficient (Wildman–Crippen LogP) is 2.61. The number of hydrogen-bond acceptors (Lipinski definition) is 3. The molecule has 0 aromatic carbocycles. The minimum absolute atomic E-state index is 0.0810. The molecule has 1 aromatic rings. The average Bonchev–Trinajstić information content (AvgIpc) is 3.07. The first-order valence-electron chi connectivity index (χ1n) is 6.82. The molecular weight excluding hydrogens is 276 g/mol. The average molecular weight is 296 g/mol. The van der Waals surface area contributed by atoms with Crippen LogP contribution >= 0.6 is 11.3 Å². The zero-order valence-electron chi connectivity index (χ0n) is 11.6. The molecule has 1 saturated carbocycles. The fourth-order valence-corrected chi connectivity index (χ4v) is 3.12. The third-order valence-electron chi connectivity index (χ3n) is 3.45. The van der Waals surface area contributed by atoms with Gasteiger partial charge in [-0.05, 0) is 36.1 Å². The Morgan fingerprint density at radius 1 is 1.35 bits per heavy atom. The van der Waals surface area contributed by atoms with Crippen molar-refractivity contribution in [2.24, 2.45) is 11.8 Å². The van der Waals surface area contributed by atoms with Gasteiger partial charge in [0.05, 0.1) is 6.04 Å². The lowest BCUT2D eigenvalue weighted by Crippen LogP contribution is -2.48. The lowest BCUT2D eigenvalue weighted by Gasteiger charge is -2.23. The fraction of sp³-hybridized carbons (Fsp3) is 0.571. The molecule has 6 heteroatoms. The molecule has 1 aliphatic carbocycles. The minimum atomic E-state index is -0.958. The largest absolute Gasteiger partial charge is 0.480 e. The topological polar surface area (TPSA) is 78.4 Å². The van der Waals surface area contributed by atoms with E-state index in [0.717, 1.165) is 17.7 Å². The molecule has 2 unspecified atom stereocenters. The van der Waals surface area contributed by atoms with Crippen molar-refractivity contribution in [1.82, 2.24) is 10.6 Å². The van der Waals surface area contributed by atoms with E-state index in [1.54, 1.807) is 11.3 Å². The Labute approximate surface area is 122 Å². The molecule has 0 saturated heterocycles. The molecule has 2 amide bonds. The fourth-order valence-electron chi connectivity index (χ4n) is 2.17. The van der Waals surface area contributed by atoms with Crippen molar-refractivity contribution in [3.8, 4) is 0 Å². The van der Waals surface area contributed by atoms with Gasteiger partial charge in [-0.25, -0.2) is 9.59 Å². The summed E-state index contributed by atoms with van der Waals surface area (Å²) < 4.78 is 0. The van der Waals surface area contributed by atoms with Gasteiger partial charge in [-0.3, -0.25) is 0 Å². The van der Waals surface area contributed by atoms with E-state index in [0.29, 0.717) is 0 Å². The van der Waals surface area contributed by atoms with Gasteiger partial charge in [-0.15, -0.1) is 11.3 Å². The highest BCUT2D eigenvalue weighted by molar-refractivity contribution is 7.10. The molecule has 0 aliphatic heterocycles. The summed E-state index contributed by atoms with van der Waals surface area (Å²) in [6, 6.07) is 2.65. The number of carbonyl (C=O) groups excluding carboxylic acids is 1. The van der Waals surface area contributed by atoms with Crippen molar-refractivity contribution >= 4 is 23.3 Å². The van der Waals surface area contributed by atoms with Crippen LogP contribution in [0.1, 0.15) is 37.6 Å². The number of aliphatic carboxylic acids is 1. The second-order valence-corrected chi connectivity index (χ2v) is 6.49. The summed E-state index contributed by atoms with van der Waals surface area (Å²) in [6.07, 6.45) is 1.74. The standard InChI is InChI=1S/C14H20N2O3S/c1-8(2)11(10-4-3-7-20-10)15-14(19)16-12(13(17)18)9-5-6-9/h3-4,7-9,11-12H,5-6H2,1-2H3,(H,17,18)(H2,15,16,19). The Hall–Kier alpha value is -1.56. The smallest absolute Gasteiger partial charge is 0.326 e. The van der Waals surface area contributed by atoms with Crippen LogP contribution < -0.4 is 10.6 Å². The quantitative estimate of drug-likeness (QED) is 0.755. The van der Waals surface area contributed by atoms with Gasteiger partial charge in [0.15, 0.2) is 0 Å². The zero-order chi connectivity index (χ0) is 14.7. The Morgan fingerprint density at radius 2 is 2.05 bits per heavy atom. The van der Waals surface area contributed by atoms with E-state index in [9.17, 15) is 9.59 Å². The van der Waals surface area contributed by atoms with Crippen LogP contribution in [0.25, 0.3) is 0 Å². The summed E-state index contributed by atoms with van der Waals surface area (Å²) in [6.45, 7) is 4.06. The van der Waals surface area contributed by atoms with Crippen LogP contribution in [0.5, 0.6) is 0 Å². The highest BCUT2D eigenvalue weighted by Gasteiger charge is 2.37. The number of nitrogens with one attached hydrogen (secondary N) is 2. The van der Waals surface area contributed by atoms with E-state index in [2.05, 4.69) is 10.6 Å². The Kier molecular flexibility index (Phi) is 4.65. The van der Waals surface area contributed by atoms with Gasteiger partial charge in [0.1, 0.15) is 6.04 Å². The molecule has 1 fully saturated rings. The number of carbonyl (C=O) groups is 2. The van der Waals surface area contributed by atoms with Gasteiger partial charge in [-0.1, -0.05) is 19.9 Å². The lowest BCUT2D eigenvalue weighted by atomic mass is 10.0. The third kappa shape index (κ3) is 3.72. The highest BCUT2D eigenvalue weighted by Crippen LogP contribution is 2.33. The van der Waals surface area contributed by atoms with Gasteiger partial charge in [0.25, 0.3) is 0 Å². The van der Waals surface area contributed by atoms with Crippen LogP contribution in [-0.2, 0) is 4.79 Å². The molecule has 5 nitrogen and oxygen atoms in total. The summed E-state index contributed by atoms with van der Waals surface area (Å²) in [5, 5.41) is 16.6. The Morgan fingerprint density at radius 3 is 2.50 bits per heavy atom. The molecular formula is C14H20N2O3S. The number of thiophene rings is 1. The molecule has 2 rings (SSSR count). The molecule has 2 atom stereocenters. The van der Waals surface area contributed by atoms with Crippen LogP contribution in [0.3, 0.4) is 0 Å². The van der Waals surface area contributed by atoms with E-state index in [1.807, 2.05) is 31.4 Å². The Balaban J connectivity index is 1.96. The summed E-state index contributed by atoms with van der Waals surface area (Å²) in [4.78, 5) is 24.2. The van der Waals surface area contributed by atoms with Gasteiger partial charge >= 0.3 is 12.0 Å². The van der Waals surface area contributed by atoms with E-state index in [1.165, 1.54) is 0 Å².